The van der Waals surface area contributed by atoms with Gasteiger partial charge in [-0.1, -0.05) is 18.2 Å². The van der Waals surface area contributed by atoms with E-state index in [1.54, 1.807) is 0 Å². The number of hydrogen-bond acceptors (Lipinski definition) is 7. The van der Waals surface area contributed by atoms with Gasteiger partial charge < -0.3 is 39.6 Å². The van der Waals surface area contributed by atoms with Gasteiger partial charge in [0.05, 0.1) is 44.7 Å². The van der Waals surface area contributed by atoms with Crippen molar-refractivity contribution in [3.8, 4) is 17.2 Å². The summed E-state index contributed by atoms with van der Waals surface area (Å²) in [5.74, 6) is 0.210. The van der Waals surface area contributed by atoms with Gasteiger partial charge in [-0.2, -0.15) is 0 Å². The maximum absolute atomic E-state index is 13.7. The van der Waals surface area contributed by atoms with E-state index in [4.69, 9.17) is 24.7 Å². The van der Waals surface area contributed by atoms with Crippen LogP contribution in [0.2, 0.25) is 0 Å². The highest BCUT2D eigenvalue weighted by Gasteiger charge is 2.33. The van der Waals surface area contributed by atoms with Crippen LogP contribution in [0.4, 0.5) is 19.3 Å². The zero-order valence-electron chi connectivity index (χ0n) is 23.9. The van der Waals surface area contributed by atoms with Crippen molar-refractivity contribution in [1.82, 2.24) is 4.90 Å². The highest BCUT2D eigenvalue weighted by Crippen LogP contribution is 2.35. The molecule has 2 aliphatic rings. The van der Waals surface area contributed by atoms with Crippen LogP contribution in [0, 0.1) is 11.6 Å². The summed E-state index contributed by atoms with van der Waals surface area (Å²) in [4.78, 5) is 15.4. The second kappa shape index (κ2) is 14.4. The summed E-state index contributed by atoms with van der Waals surface area (Å²) >= 11 is 0. The molecular weight excluding hydrogens is 560 g/mol. The van der Waals surface area contributed by atoms with Crippen LogP contribution < -0.4 is 24.8 Å². The molecule has 3 aromatic carbocycles. The average molecular weight is 598 g/mol. The molecule has 230 valence electrons. The van der Waals surface area contributed by atoms with Gasteiger partial charge in [-0.05, 0) is 53.9 Å². The molecule has 9 nitrogen and oxygen atoms in total. The molecule has 1 saturated heterocycles. The molecular formula is C32H37F2N3O6. The third kappa shape index (κ3) is 7.85. The SMILES string of the molecule is NCCN1CCOc2ccc(COC3CN(C(=O)O)CCC3c3ccc(OCCCOc4cc(F)ccc4F)cc3)cc21. The quantitative estimate of drug-likeness (QED) is 0.280. The lowest BCUT2D eigenvalue weighted by atomic mass is 9.87. The Labute approximate surface area is 249 Å². The normalized spacial score (nSPS) is 18.1. The van der Waals surface area contributed by atoms with Crippen LogP contribution in [0.1, 0.15) is 29.9 Å². The first-order chi connectivity index (χ1) is 20.9. The predicted molar refractivity (Wildman–Crippen MR) is 157 cm³/mol. The number of ether oxygens (including phenoxy) is 4. The first kappa shape index (κ1) is 30.4. The molecule has 3 N–H and O–H groups in total. The van der Waals surface area contributed by atoms with Crippen LogP contribution in [0.25, 0.3) is 0 Å². The van der Waals surface area contributed by atoms with Crippen LogP contribution in [-0.2, 0) is 11.3 Å². The molecule has 0 saturated carbocycles. The fourth-order valence-electron chi connectivity index (χ4n) is 5.47. The Morgan fingerprint density at radius 2 is 1.84 bits per heavy atom. The van der Waals surface area contributed by atoms with Gasteiger partial charge >= 0.3 is 6.09 Å². The third-order valence-electron chi connectivity index (χ3n) is 7.69. The number of carbonyl (C=O) groups is 1. The molecule has 1 fully saturated rings. The van der Waals surface area contributed by atoms with Crippen molar-refractivity contribution >= 4 is 11.8 Å². The minimum Gasteiger partial charge on any atom is -0.493 e. The first-order valence-corrected chi connectivity index (χ1v) is 14.5. The Morgan fingerprint density at radius 1 is 1.02 bits per heavy atom. The summed E-state index contributed by atoms with van der Waals surface area (Å²) in [6, 6.07) is 16.8. The number of halogens is 2. The third-order valence-corrected chi connectivity index (χ3v) is 7.69. The van der Waals surface area contributed by atoms with Crippen LogP contribution in [-0.4, -0.2) is 74.7 Å². The second-order valence-electron chi connectivity index (χ2n) is 10.6. The Morgan fingerprint density at radius 3 is 2.63 bits per heavy atom. The lowest BCUT2D eigenvalue weighted by Gasteiger charge is -2.37. The van der Waals surface area contributed by atoms with Crippen molar-refractivity contribution in [3.63, 3.8) is 0 Å². The zero-order chi connectivity index (χ0) is 30.2. The van der Waals surface area contributed by atoms with Gasteiger partial charge in [0.15, 0.2) is 11.6 Å². The van der Waals surface area contributed by atoms with E-state index in [2.05, 4.69) is 11.0 Å². The number of piperidine rings is 1. The molecule has 0 aromatic heterocycles. The lowest BCUT2D eigenvalue weighted by molar-refractivity contribution is -0.0199. The topological polar surface area (TPSA) is 107 Å². The van der Waals surface area contributed by atoms with Gasteiger partial charge in [0.25, 0.3) is 0 Å². The molecule has 2 unspecified atom stereocenters. The summed E-state index contributed by atoms with van der Waals surface area (Å²) in [6.07, 6.45) is -0.166. The fraction of sp³-hybridized carbons (Fsp3) is 0.406. The lowest BCUT2D eigenvalue weighted by Crippen LogP contribution is -2.46. The minimum atomic E-state index is -0.955. The average Bonchev–Trinajstić information content (AvgIpc) is 3.02. The number of nitrogens with two attached hydrogens (primary N) is 1. The van der Waals surface area contributed by atoms with Gasteiger partial charge in [-0.15, -0.1) is 0 Å². The molecule has 0 aliphatic carbocycles. The molecule has 5 rings (SSSR count). The van der Waals surface area contributed by atoms with Crippen LogP contribution in [0.5, 0.6) is 17.2 Å². The monoisotopic (exact) mass is 597 g/mol. The maximum Gasteiger partial charge on any atom is 0.407 e. The number of rotatable bonds is 12. The van der Waals surface area contributed by atoms with Crippen LogP contribution in [0.3, 0.4) is 0 Å². The molecule has 2 atom stereocenters. The van der Waals surface area contributed by atoms with Gasteiger partial charge in [0, 0.05) is 38.0 Å². The van der Waals surface area contributed by atoms with Crippen LogP contribution in [0.15, 0.2) is 60.7 Å². The highest BCUT2D eigenvalue weighted by molar-refractivity contribution is 5.65. The van der Waals surface area contributed by atoms with E-state index in [9.17, 15) is 18.7 Å². The standard InChI is InChI=1S/C32H37F2N3O6/c33-24-5-8-27(34)30(19-24)41-16-1-15-40-25-6-3-23(4-7-25)26-10-12-37(32(38)39)20-31(26)43-21-22-2-9-29-28(18-22)36(13-11-35)14-17-42-29/h2-9,18-19,26,31H,1,10-17,20-21,35H2,(H,38,39). The molecule has 0 radical (unpaired) electrons. The van der Waals surface area contributed by atoms with Crippen molar-refractivity contribution in [2.24, 2.45) is 5.73 Å². The summed E-state index contributed by atoms with van der Waals surface area (Å²) in [5.41, 5.74) is 8.81. The number of anilines is 1. The van der Waals surface area contributed by atoms with Crippen molar-refractivity contribution < 1.29 is 37.6 Å². The van der Waals surface area contributed by atoms with E-state index in [-0.39, 0.29) is 30.9 Å². The molecule has 2 heterocycles. The van der Waals surface area contributed by atoms with E-state index in [1.165, 1.54) is 4.90 Å². The molecule has 0 spiro atoms. The van der Waals surface area contributed by atoms with Crippen molar-refractivity contribution in [2.75, 3.05) is 57.4 Å². The van der Waals surface area contributed by atoms with E-state index >= 15 is 0 Å². The molecule has 43 heavy (non-hydrogen) atoms. The predicted octanol–water partition coefficient (Wildman–Crippen LogP) is 5.02. The Kier molecular flexibility index (Phi) is 10.2. The number of likely N-dealkylation sites (tertiary alicyclic amines) is 1. The number of fused-ring (bicyclic) bond motifs is 1. The minimum absolute atomic E-state index is 0.00825. The zero-order valence-corrected chi connectivity index (χ0v) is 23.9. The number of carboxylic acid groups (broad SMARTS) is 1. The van der Waals surface area contributed by atoms with E-state index in [1.807, 2.05) is 36.4 Å². The van der Waals surface area contributed by atoms with E-state index < -0.39 is 17.7 Å². The second-order valence-corrected chi connectivity index (χ2v) is 10.6. The Hall–Kier alpha value is -4.09. The van der Waals surface area contributed by atoms with Crippen molar-refractivity contribution in [2.45, 2.75) is 31.5 Å². The first-order valence-electron chi connectivity index (χ1n) is 14.5. The van der Waals surface area contributed by atoms with Gasteiger partial charge in [0.1, 0.15) is 23.9 Å². The molecule has 1 amide bonds. The summed E-state index contributed by atoms with van der Waals surface area (Å²) < 4.78 is 50.3. The number of benzene rings is 3. The number of hydrogen-bond donors (Lipinski definition) is 2. The summed E-state index contributed by atoms with van der Waals surface area (Å²) in [7, 11) is 0. The van der Waals surface area contributed by atoms with E-state index in [0.717, 1.165) is 53.9 Å². The Bertz CT molecular complexity index is 1380. The number of amides is 1. The van der Waals surface area contributed by atoms with Gasteiger partial charge in [0.2, 0.25) is 0 Å². The highest BCUT2D eigenvalue weighted by atomic mass is 19.1. The Balaban J connectivity index is 1.17. The van der Waals surface area contributed by atoms with Gasteiger partial charge in [-0.3, -0.25) is 0 Å². The van der Waals surface area contributed by atoms with Crippen LogP contribution >= 0.6 is 0 Å². The van der Waals surface area contributed by atoms with Crippen molar-refractivity contribution in [1.29, 1.82) is 0 Å². The van der Waals surface area contributed by atoms with Gasteiger partial charge in [-0.25, -0.2) is 13.6 Å². The molecule has 3 aromatic rings. The number of nitrogens with zero attached hydrogens (tertiary/aromatic N) is 2. The smallest absolute Gasteiger partial charge is 0.407 e. The molecule has 2 aliphatic heterocycles. The summed E-state index contributed by atoms with van der Waals surface area (Å²) in [5, 5.41) is 9.64. The molecule has 11 heteroatoms. The largest absolute Gasteiger partial charge is 0.493 e. The van der Waals surface area contributed by atoms with Crippen molar-refractivity contribution in [3.05, 3.63) is 83.4 Å². The maximum atomic E-state index is 13.7. The fourth-order valence-corrected chi connectivity index (χ4v) is 5.47. The van der Waals surface area contributed by atoms with E-state index in [0.29, 0.717) is 51.5 Å². The summed E-state index contributed by atoms with van der Waals surface area (Å²) in [6.45, 7) is 4.23. The molecule has 0 bridgehead atoms.